The minimum absolute atomic E-state index is 0.0981. The Labute approximate surface area is 120 Å². The Bertz CT molecular complexity index is 499. The number of oxime groups is 1. The lowest BCUT2D eigenvalue weighted by Crippen LogP contribution is -2.29. The number of hydrogen-bond donors (Lipinski definition) is 2. The van der Waals surface area contributed by atoms with Crippen LogP contribution in [0.4, 0.5) is 0 Å². The molecular formula is C16H24N2O2. The summed E-state index contributed by atoms with van der Waals surface area (Å²) in [5.41, 5.74) is 7.42. The minimum Gasteiger partial charge on any atom is -0.489 e. The van der Waals surface area contributed by atoms with Crippen LogP contribution in [0.2, 0.25) is 0 Å². The van der Waals surface area contributed by atoms with E-state index in [9.17, 15) is 0 Å². The Balaban J connectivity index is 2.21. The van der Waals surface area contributed by atoms with Gasteiger partial charge in [0.2, 0.25) is 0 Å². The summed E-state index contributed by atoms with van der Waals surface area (Å²) in [6.45, 7) is 6.57. The molecule has 0 bridgehead atoms. The summed E-state index contributed by atoms with van der Waals surface area (Å²) in [6.07, 6.45) is 3.53. The average Bonchev–Trinajstić information content (AvgIpc) is 2.44. The number of nitrogens with two attached hydrogens (primary N) is 1. The molecule has 4 heteroatoms. The number of para-hydroxylation sites is 1. The molecule has 0 amide bonds. The van der Waals surface area contributed by atoms with Crippen LogP contribution in [0.5, 0.6) is 5.75 Å². The van der Waals surface area contributed by atoms with Crippen molar-refractivity contribution in [1.82, 2.24) is 0 Å². The van der Waals surface area contributed by atoms with Gasteiger partial charge >= 0.3 is 0 Å². The van der Waals surface area contributed by atoms with Gasteiger partial charge in [0.25, 0.3) is 0 Å². The summed E-state index contributed by atoms with van der Waals surface area (Å²) < 4.78 is 6.19. The molecule has 4 nitrogen and oxygen atoms in total. The zero-order valence-electron chi connectivity index (χ0n) is 12.5. The maximum atomic E-state index is 8.89. The molecule has 0 aliphatic heterocycles. The Morgan fingerprint density at radius 2 is 2.05 bits per heavy atom. The SMILES string of the molecule is Cc1cccc(/C(N)=N/O)c1OC1CCC(C)C(C)C1. The van der Waals surface area contributed by atoms with E-state index in [1.54, 1.807) is 0 Å². The van der Waals surface area contributed by atoms with Gasteiger partial charge < -0.3 is 15.7 Å². The van der Waals surface area contributed by atoms with E-state index >= 15 is 0 Å². The lowest BCUT2D eigenvalue weighted by molar-refractivity contribution is 0.0997. The third-order valence-corrected chi connectivity index (χ3v) is 4.43. The van der Waals surface area contributed by atoms with E-state index in [4.69, 9.17) is 15.7 Å². The van der Waals surface area contributed by atoms with Crippen molar-refractivity contribution in [2.75, 3.05) is 0 Å². The van der Waals surface area contributed by atoms with Gasteiger partial charge in [0.1, 0.15) is 5.75 Å². The van der Waals surface area contributed by atoms with Crippen LogP contribution in [-0.2, 0) is 0 Å². The van der Waals surface area contributed by atoms with Crippen molar-refractivity contribution in [3.8, 4) is 5.75 Å². The molecule has 1 aliphatic rings. The molecule has 0 spiro atoms. The number of rotatable bonds is 3. The molecule has 0 aromatic heterocycles. The Morgan fingerprint density at radius 1 is 1.30 bits per heavy atom. The molecule has 20 heavy (non-hydrogen) atoms. The summed E-state index contributed by atoms with van der Waals surface area (Å²) in [6, 6.07) is 5.70. The zero-order chi connectivity index (χ0) is 14.7. The van der Waals surface area contributed by atoms with Gasteiger partial charge in [-0.05, 0) is 49.7 Å². The fourth-order valence-electron chi connectivity index (χ4n) is 2.84. The maximum Gasteiger partial charge on any atom is 0.173 e. The fourth-order valence-corrected chi connectivity index (χ4v) is 2.84. The van der Waals surface area contributed by atoms with E-state index < -0.39 is 0 Å². The summed E-state index contributed by atoms with van der Waals surface area (Å²) in [7, 11) is 0. The van der Waals surface area contributed by atoms with Gasteiger partial charge in [0.15, 0.2) is 5.84 Å². The van der Waals surface area contributed by atoms with Crippen molar-refractivity contribution in [2.45, 2.75) is 46.1 Å². The van der Waals surface area contributed by atoms with Crippen LogP contribution in [0.25, 0.3) is 0 Å². The van der Waals surface area contributed by atoms with Crippen LogP contribution in [0.3, 0.4) is 0 Å². The Morgan fingerprint density at radius 3 is 2.70 bits per heavy atom. The summed E-state index contributed by atoms with van der Waals surface area (Å²) in [5.74, 6) is 2.27. The number of nitrogens with zero attached hydrogens (tertiary/aromatic N) is 1. The van der Waals surface area contributed by atoms with Gasteiger partial charge in [-0.2, -0.15) is 0 Å². The Hall–Kier alpha value is -1.71. The van der Waals surface area contributed by atoms with E-state index in [0.29, 0.717) is 11.5 Å². The molecule has 0 radical (unpaired) electrons. The highest BCUT2D eigenvalue weighted by atomic mass is 16.5. The Kier molecular flexibility index (Phi) is 4.53. The first-order valence-corrected chi connectivity index (χ1v) is 7.27. The normalized spacial score (nSPS) is 27.4. The highest BCUT2D eigenvalue weighted by molar-refractivity contribution is 5.99. The topological polar surface area (TPSA) is 67.8 Å². The number of aryl methyl sites for hydroxylation is 1. The van der Waals surface area contributed by atoms with E-state index in [-0.39, 0.29) is 11.9 Å². The third-order valence-electron chi connectivity index (χ3n) is 4.43. The van der Waals surface area contributed by atoms with Gasteiger partial charge in [0.05, 0.1) is 11.7 Å². The van der Waals surface area contributed by atoms with Crippen molar-refractivity contribution in [3.63, 3.8) is 0 Å². The molecule has 2 rings (SSSR count). The van der Waals surface area contributed by atoms with Crippen LogP contribution in [0, 0.1) is 18.8 Å². The standard InChI is InChI=1S/C16H24N2O2/c1-10-7-8-13(9-12(10)3)20-15-11(2)5-4-6-14(15)16(17)18-19/h4-6,10,12-13,19H,7-9H2,1-3H3,(H2,17,18). The van der Waals surface area contributed by atoms with Crippen molar-refractivity contribution in [2.24, 2.45) is 22.7 Å². The molecule has 1 aromatic carbocycles. The zero-order valence-corrected chi connectivity index (χ0v) is 12.5. The summed E-state index contributed by atoms with van der Waals surface area (Å²) in [4.78, 5) is 0. The molecule has 110 valence electrons. The average molecular weight is 276 g/mol. The number of hydrogen-bond acceptors (Lipinski definition) is 3. The molecule has 0 saturated heterocycles. The molecular weight excluding hydrogens is 252 g/mol. The second-order valence-corrected chi connectivity index (χ2v) is 5.94. The lowest BCUT2D eigenvalue weighted by Gasteiger charge is -2.33. The maximum absolute atomic E-state index is 8.89. The molecule has 0 heterocycles. The van der Waals surface area contributed by atoms with Crippen molar-refractivity contribution in [3.05, 3.63) is 29.3 Å². The lowest BCUT2D eigenvalue weighted by atomic mass is 9.80. The van der Waals surface area contributed by atoms with E-state index in [0.717, 1.165) is 30.1 Å². The van der Waals surface area contributed by atoms with Crippen LogP contribution in [-0.4, -0.2) is 17.1 Å². The van der Waals surface area contributed by atoms with Gasteiger partial charge in [-0.1, -0.05) is 31.1 Å². The smallest absolute Gasteiger partial charge is 0.173 e. The van der Waals surface area contributed by atoms with Gasteiger partial charge in [-0.3, -0.25) is 0 Å². The van der Waals surface area contributed by atoms with Gasteiger partial charge in [-0.25, -0.2) is 0 Å². The van der Waals surface area contributed by atoms with Crippen molar-refractivity contribution >= 4 is 5.84 Å². The quantitative estimate of drug-likeness (QED) is 0.385. The first-order valence-electron chi connectivity index (χ1n) is 7.27. The molecule has 1 aromatic rings. The van der Waals surface area contributed by atoms with Crippen LogP contribution >= 0.6 is 0 Å². The van der Waals surface area contributed by atoms with Crippen LogP contribution in [0.1, 0.15) is 44.2 Å². The van der Waals surface area contributed by atoms with Crippen LogP contribution in [0.15, 0.2) is 23.4 Å². The number of benzene rings is 1. The van der Waals surface area contributed by atoms with E-state index in [2.05, 4.69) is 19.0 Å². The van der Waals surface area contributed by atoms with Crippen molar-refractivity contribution < 1.29 is 9.94 Å². The first kappa shape index (κ1) is 14.7. The molecule has 1 aliphatic carbocycles. The highest BCUT2D eigenvalue weighted by Crippen LogP contribution is 2.33. The number of ether oxygens (including phenoxy) is 1. The summed E-state index contributed by atoms with van der Waals surface area (Å²) in [5, 5.41) is 12.0. The van der Waals surface area contributed by atoms with Crippen LogP contribution < -0.4 is 10.5 Å². The molecule has 3 unspecified atom stereocenters. The summed E-state index contributed by atoms with van der Waals surface area (Å²) >= 11 is 0. The molecule has 3 atom stereocenters. The van der Waals surface area contributed by atoms with E-state index in [1.165, 1.54) is 6.42 Å². The van der Waals surface area contributed by atoms with E-state index in [1.807, 2.05) is 25.1 Å². The van der Waals surface area contributed by atoms with Gasteiger partial charge in [0, 0.05) is 0 Å². The van der Waals surface area contributed by atoms with Crippen molar-refractivity contribution in [1.29, 1.82) is 0 Å². The monoisotopic (exact) mass is 276 g/mol. The second kappa shape index (κ2) is 6.16. The molecule has 1 fully saturated rings. The molecule has 1 saturated carbocycles. The predicted octanol–water partition coefficient (Wildman–Crippen LogP) is 3.29. The predicted molar refractivity (Wildman–Crippen MR) is 80.3 cm³/mol. The molecule has 3 N–H and O–H groups in total. The fraction of sp³-hybridized carbons (Fsp3) is 0.562. The first-order chi connectivity index (χ1) is 9.52. The third kappa shape index (κ3) is 3.06. The number of amidine groups is 1. The second-order valence-electron chi connectivity index (χ2n) is 5.94. The largest absolute Gasteiger partial charge is 0.489 e. The van der Waals surface area contributed by atoms with Gasteiger partial charge in [-0.15, -0.1) is 0 Å². The minimum atomic E-state index is 0.0981. The highest BCUT2D eigenvalue weighted by Gasteiger charge is 2.27.